The summed E-state index contributed by atoms with van der Waals surface area (Å²) in [7, 11) is -3.84. The molecule has 1 aromatic carbocycles. The molecule has 1 unspecified atom stereocenters. The minimum absolute atomic E-state index is 0.0151. The zero-order valence-corrected chi connectivity index (χ0v) is 17.5. The van der Waals surface area contributed by atoms with E-state index in [0.29, 0.717) is 22.1 Å². The van der Waals surface area contributed by atoms with Crippen molar-refractivity contribution in [3.8, 4) is 0 Å². The monoisotopic (exact) mass is 434 g/mol. The van der Waals surface area contributed by atoms with Gasteiger partial charge in [0.05, 0.1) is 21.3 Å². The number of sulfonamides is 1. The Hall–Kier alpha value is -2.98. The van der Waals surface area contributed by atoms with E-state index < -0.39 is 16.1 Å². The number of benzene rings is 1. The van der Waals surface area contributed by atoms with Gasteiger partial charge in [0.15, 0.2) is 0 Å². The number of hydrogen-bond acceptors (Lipinski definition) is 6. The molecule has 0 aliphatic carbocycles. The molecule has 0 aliphatic rings. The quantitative estimate of drug-likeness (QED) is 0.615. The Morgan fingerprint density at radius 1 is 1.14 bits per heavy atom. The van der Waals surface area contributed by atoms with E-state index >= 15 is 0 Å². The minimum atomic E-state index is -3.84. The van der Waals surface area contributed by atoms with Gasteiger partial charge in [-0.05, 0) is 51.1 Å². The smallest absolute Gasteiger partial charge is 0.264 e. The van der Waals surface area contributed by atoms with Gasteiger partial charge in [-0.3, -0.25) is 9.48 Å². The van der Waals surface area contributed by atoms with Crippen LogP contribution in [0.4, 0.5) is 11.6 Å². The molecule has 11 heteroatoms. The van der Waals surface area contributed by atoms with E-state index in [4.69, 9.17) is 11.6 Å². The summed E-state index contributed by atoms with van der Waals surface area (Å²) in [6.45, 7) is 5.26. The Bertz CT molecular complexity index is 1130. The lowest BCUT2D eigenvalue weighted by Crippen LogP contribution is -2.25. The van der Waals surface area contributed by atoms with Crippen molar-refractivity contribution >= 4 is 39.2 Å². The predicted octanol–water partition coefficient (Wildman–Crippen LogP) is 2.94. The number of rotatable bonds is 6. The third-order valence-electron chi connectivity index (χ3n) is 4.21. The molecule has 9 nitrogen and oxygen atoms in total. The summed E-state index contributed by atoms with van der Waals surface area (Å²) in [5, 5.41) is 7.55. The minimum Gasteiger partial charge on any atom is -0.324 e. The summed E-state index contributed by atoms with van der Waals surface area (Å²) < 4.78 is 28.6. The molecule has 0 aliphatic heterocycles. The molecule has 0 spiro atoms. The maximum Gasteiger partial charge on any atom is 0.264 e. The number of aromatic nitrogens is 4. The van der Waals surface area contributed by atoms with Crippen LogP contribution in [0.2, 0.25) is 5.02 Å². The molecule has 1 atom stereocenters. The number of aryl methyl sites for hydroxylation is 1. The number of nitrogens with one attached hydrogen (secondary N) is 2. The van der Waals surface area contributed by atoms with Crippen molar-refractivity contribution in [1.29, 1.82) is 0 Å². The van der Waals surface area contributed by atoms with Crippen LogP contribution in [0.5, 0.6) is 0 Å². The van der Waals surface area contributed by atoms with Crippen molar-refractivity contribution < 1.29 is 13.2 Å². The van der Waals surface area contributed by atoms with Crippen molar-refractivity contribution in [2.24, 2.45) is 0 Å². The molecule has 1 amide bonds. The molecule has 0 saturated carbocycles. The van der Waals surface area contributed by atoms with Gasteiger partial charge in [-0.25, -0.2) is 23.1 Å². The van der Waals surface area contributed by atoms with E-state index in [1.807, 2.05) is 0 Å². The number of carbonyl (C=O) groups is 1. The topological polar surface area (TPSA) is 119 Å². The molecule has 3 rings (SSSR count). The van der Waals surface area contributed by atoms with E-state index in [1.54, 1.807) is 31.5 Å². The van der Waals surface area contributed by atoms with Gasteiger partial charge in [-0.2, -0.15) is 5.10 Å². The van der Waals surface area contributed by atoms with Crippen LogP contribution in [-0.4, -0.2) is 34.1 Å². The molecule has 0 fully saturated rings. The summed E-state index contributed by atoms with van der Waals surface area (Å²) >= 11 is 6.14. The van der Waals surface area contributed by atoms with Crippen LogP contribution in [0, 0.1) is 13.8 Å². The van der Waals surface area contributed by atoms with Crippen LogP contribution in [0.25, 0.3) is 0 Å². The fourth-order valence-electron chi connectivity index (χ4n) is 2.63. The Labute approximate surface area is 173 Å². The van der Waals surface area contributed by atoms with E-state index in [9.17, 15) is 13.2 Å². The van der Waals surface area contributed by atoms with Gasteiger partial charge >= 0.3 is 0 Å². The van der Waals surface area contributed by atoms with E-state index in [2.05, 4.69) is 25.1 Å². The van der Waals surface area contributed by atoms with Gasteiger partial charge in [0.2, 0.25) is 11.9 Å². The van der Waals surface area contributed by atoms with E-state index in [1.165, 1.54) is 36.7 Å². The van der Waals surface area contributed by atoms with Crippen LogP contribution in [-0.2, 0) is 14.8 Å². The first-order chi connectivity index (χ1) is 13.7. The second kappa shape index (κ2) is 8.18. The standard InChI is InChI=1S/C18H19ClN6O3S/c1-11-16(19)12(2)25(23-11)13(3)17(26)22-14-5-7-15(8-6-14)29(27,28)24-18-20-9-4-10-21-18/h4-10,13H,1-3H3,(H,22,26)(H,20,21,24). The summed E-state index contributed by atoms with van der Waals surface area (Å²) in [6, 6.07) is 6.74. The van der Waals surface area contributed by atoms with Crippen LogP contribution in [0.1, 0.15) is 24.4 Å². The maximum absolute atomic E-state index is 12.5. The fourth-order valence-corrected chi connectivity index (χ4v) is 3.71. The summed E-state index contributed by atoms with van der Waals surface area (Å²) in [6.07, 6.45) is 2.86. The summed E-state index contributed by atoms with van der Waals surface area (Å²) in [4.78, 5) is 20.2. The lowest BCUT2D eigenvalue weighted by Gasteiger charge is -2.15. The second-order valence-electron chi connectivity index (χ2n) is 6.30. The highest BCUT2D eigenvalue weighted by molar-refractivity contribution is 7.92. The van der Waals surface area contributed by atoms with Crippen LogP contribution < -0.4 is 10.0 Å². The van der Waals surface area contributed by atoms with Gasteiger partial charge in [0.1, 0.15) is 6.04 Å². The Kier molecular flexibility index (Phi) is 5.85. The number of hydrogen-bond donors (Lipinski definition) is 2. The van der Waals surface area contributed by atoms with Gasteiger partial charge in [0, 0.05) is 18.1 Å². The lowest BCUT2D eigenvalue weighted by atomic mass is 10.2. The second-order valence-corrected chi connectivity index (χ2v) is 8.36. The molecule has 2 aromatic heterocycles. The van der Waals surface area contributed by atoms with Crippen molar-refractivity contribution in [1.82, 2.24) is 19.7 Å². The zero-order valence-electron chi connectivity index (χ0n) is 15.9. The number of carbonyl (C=O) groups excluding carboxylic acids is 1. The SMILES string of the molecule is Cc1nn(C(C)C(=O)Nc2ccc(S(=O)(=O)Nc3ncccn3)cc2)c(C)c1Cl. The molecule has 152 valence electrons. The molecule has 2 N–H and O–H groups in total. The number of halogens is 1. The Balaban J connectivity index is 1.71. The van der Waals surface area contributed by atoms with Crippen molar-refractivity contribution in [3.63, 3.8) is 0 Å². The first kappa shape index (κ1) is 20.7. The van der Waals surface area contributed by atoms with Gasteiger partial charge in [-0.15, -0.1) is 0 Å². The van der Waals surface area contributed by atoms with Gasteiger partial charge in [-0.1, -0.05) is 11.6 Å². The average Bonchev–Trinajstić information content (AvgIpc) is 2.95. The van der Waals surface area contributed by atoms with E-state index in [-0.39, 0.29) is 16.8 Å². The van der Waals surface area contributed by atoms with Crippen molar-refractivity contribution in [2.75, 3.05) is 10.0 Å². The van der Waals surface area contributed by atoms with Crippen LogP contribution in [0.15, 0.2) is 47.6 Å². The highest BCUT2D eigenvalue weighted by Crippen LogP contribution is 2.23. The number of nitrogens with zero attached hydrogens (tertiary/aromatic N) is 4. The van der Waals surface area contributed by atoms with E-state index in [0.717, 1.165) is 0 Å². The molecular weight excluding hydrogens is 416 g/mol. The number of anilines is 2. The molecule has 2 heterocycles. The van der Waals surface area contributed by atoms with Gasteiger partial charge in [0.25, 0.3) is 10.0 Å². The predicted molar refractivity (Wildman–Crippen MR) is 109 cm³/mol. The maximum atomic E-state index is 12.5. The van der Waals surface area contributed by atoms with Crippen LogP contribution in [0.3, 0.4) is 0 Å². The highest BCUT2D eigenvalue weighted by atomic mass is 35.5. The molecule has 29 heavy (non-hydrogen) atoms. The molecule has 0 bridgehead atoms. The summed E-state index contributed by atoms with van der Waals surface area (Å²) in [5.41, 5.74) is 1.79. The fraction of sp³-hybridized carbons (Fsp3) is 0.222. The average molecular weight is 435 g/mol. The van der Waals surface area contributed by atoms with Crippen molar-refractivity contribution in [3.05, 3.63) is 59.1 Å². The lowest BCUT2D eigenvalue weighted by molar-refractivity contribution is -0.119. The van der Waals surface area contributed by atoms with Crippen LogP contribution >= 0.6 is 11.6 Å². The number of amides is 1. The molecule has 0 radical (unpaired) electrons. The Morgan fingerprint density at radius 3 is 2.31 bits per heavy atom. The zero-order chi connectivity index (χ0) is 21.2. The van der Waals surface area contributed by atoms with Crippen molar-refractivity contribution in [2.45, 2.75) is 31.7 Å². The molecule has 0 saturated heterocycles. The molecular formula is C18H19ClN6O3S. The first-order valence-corrected chi connectivity index (χ1v) is 10.5. The largest absolute Gasteiger partial charge is 0.324 e. The summed E-state index contributed by atoms with van der Waals surface area (Å²) in [5.74, 6) is -0.332. The van der Waals surface area contributed by atoms with Gasteiger partial charge < -0.3 is 5.32 Å². The third-order valence-corrected chi connectivity index (χ3v) is 6.10. The first-order valence-electron chi connectivity index (χ1n) is 8.61. The molecule has 3 aromatic rings. The Morgan fingerprint density at radius 2 is 1.76 bits per heavy atom. The normalized spacial score (nSPS) is 12.4. The highest BCUT2D eigenvalue weighted by Gasteiger charge is 2.21. The third kappa shape index (κ3) is 4.54.